The maximum atomic E-state index is 5.15. The zero-order valence-corrected chi connectivity index (χ0v) is 20.1. The van der Waals surface area contributed by atoms with Gasteiger partial charge in [-0.05, 0) is 58.7 Å². The molecule has 2 N–H and O–H groups in total. The third kappa shape index (κ3) is 7.10. The Balaban J connectivity index is 1.53. The SMILES string of the molecule is CCNC(=NCC1(N2CCCCC2)CCCCC1)NCC(C)CN1CCN(C)CC1. The molecule has 0 amide bonds. The molecule has 3 rings (SSSR count). The van der Waals surface area contributed by atoms with Crippen LogP contribution in [0.25, 0.3) is 0 Å². The van der Waals surface area contributed by atoms with Gasteiger partial charge in [0.05, 0.1) is 6.54 Å². The summed E-state index contributed by atoms with van der Waals surface area (Å²) in [4.78, 5) is 13.0. The number of likely N-dealkylation sites (N-methyl/N-ethyl adjacent to an activating group) is 1. The van der Waals surface area contributed by atoms with Crippen LogP contribution < -0.4 is 10.6 Å². The molecular formula is C24H48N6. The number of rotatable bonds is 8. The maximum Gasteiger partial charge on any atom is 0.191 e. The second-order valence-corrected chi connectivity index (χ2v) is 10.1. The van der Waals surface area contributed by atoms with Crippen molar-refractivity contribution < 1.29 is 0 Å². The molecule has 3 aliphatic rings. The number of likely N-dealkylation sites (tertiary alicyclic amines) is 1. The highest BCUT2D eigenvalue weighted by Gasteiger charge is 2.38. The lowest BCUT2D eigenvalue weighted by molar-refractivity contribution is 0.0407. The summed E-state index contributed by atoms with van der Waals surface area (Å²) < 4.78 is 0. The Morgan fingerprint density at radius 1 is 0.900 bits per heavy atom. The number of aliphatic imine (C=N–C) groups is 1. The molecule has 6 heteroatoms. The highest BCUT2D eigenvalue weighted by molar-refractivity contribution is 5.79. The molecule has 0 aromatic carbocycles. The van der Waals surface area contributed by atoms with E-state index >= 15 is 0 Å². The lowest BCUT2D eigenvalue weighted by Gasteiger charge is -2.47. The summed E-state index contributed by atoms with van der Waals surface area (Å²) in [5.41, 5.74) is 0.312. The van der Waals surface area contributed by atoms with Crippen molar-refractivity contribution >= 4 is 5.96 Å². The molecule has 0 aromatic rings. The van der Waals surface area contributed by atoms with Crippen LogP contribution in [-0.4, -0.2) is 98.7 Å². The number of piperazine rings is 1. The van der Waals surface area contributed by atoms with Gasteiger partial charge in [-0.15, -0.1) is 0 Å². The van der Waals surface area contributed by atoms with Crippen LogP contribution in [0, 0.1) is 5.92 Å². The summed E-state index contributed by atoms with van der Waals surface area (Å²) in [6.07, 6.45) is 11.0. The Kier molecular flexibility index (Phi) is 9.72. The Bertz CT molecular complexity index is 502. The van der Waals surface area contributed by atoms with Crippen molar-refractivity contribution in [1.82, 2.24) is 25.3 Å². The van der Waals surface area contributed by atoms with Crippen molar-refractivity contribution in [2.24, 2.45) is 10.9 Å². The van der Waals surface area contributed by atoms with Crippen LogP contribution in [0.2, 0.25) is 0 Å². The van der Waals surface area contributed by atoms with Crippen LogP contribution >= 0.6 is 0 Å². The van der Waals surface area contributed by atoms with Gasteiger partial charge in [-0.2, -0.15) is 0 Å². The second kappa shape index (κ2) is 12.3. The molecule has 1 saturated carbocycles. The van der Waals surface area contributed by atoms with E-state index in [4.69, 9.17) is 4.99 Å². The van der Waals surface area contributed by atoms with Crippen molar-refractivity contribution in [1.29, 1.82) is 0 Å². The monoisotopic (exact) mass is 420 g/mol. The van der Waals surface area contributed by atoms with E-state index in [0.29, 0.717) is 11.5 Å². The van der Waals surface area contributed by atoms with E-state index in [1.54, 1.807) is 0 Å². The first-order valence-corrected chi connectivity index (χ1v) is 12.8. The van der Waals surface area contributed by atoms with E-state index in [9.17, 15) is 0 Å². The normalized spacial score (nSPS) is 25.8. The number of piperidine rings is 1. The van der Waals surface area contributed by atoms with Crippen molar-refractivity contribution in [2.75, 3.05) is 72.5 Å². The summed E-state index contributed by atoms with van der Waals surface area (Å²) in [7, 11) is 2.23. The number of nitrogens with zero attached hydrogens (tertiary/aromatic N) is 4. The van der Waals surface area contributed by atoms with Crippen LogP contribution in [0.1, 0.15) is 65.2 Å². The van der Waals surface area contributed by atoms with E-state index in [-0.39, 0.29) is 0 Å². The van der Waals surface area contributed by atoms with Gasteiger partial charge in [0.25, 0.3) is 0 Å². The van der Waals surface area contributed by atoms with Crippen molar-refractivity contribution in [3.05, 3.63) is 0 Å². The van der Waals surface area contributed by atoms with E-state index in [2.05, 4.69) is 46.2 Å². The van der Waals surface area contributed by atoms with E-state index < -0.39 is 0 Å². The summed E-state index contributed by atoms with van der Waals surface area (Å²) in [6, 6.07) is 0. The number of guanidine groups is 1. The molecule has 0 bridgehead atoms. The second-order valence-electron chi connectivity index (χ2n) is 10.1. The molecule has 2 aliphatic heterocycles. The van der Waals surface area contributed by atoms with Crippen molar-refractivity contribution in [3.8, 4) is 0 Å². The fraction of sp³-hybridized carbons (Fsp3) is 0.958. The van der Waals surface area contributed by atoms with E-state index in [0.717, 1.165) is 25.6 Å². The molecule has 2 heterocycles. The van der Waals surface area contributed by atoms with Gasteiger partial charge in [0.15, 0.2) is 5.96 Å². The van der Waals surface area contributed by atoms with Gasteiger partial charge in [0.2, 0.25) is 0 Å². The minimum absolute atomic E-state index is 0.312. The van der Waals surface area contributed by atoms with Crippen LogP contribution in [0.4, 0.5) is 0 Å². The summed E-state index contributed by atoms with van der Waals surface area (Å²) in [5, 5.41) is 7.17. The maximum absolute atomic E-state index is 5.15. The van der Waals surface area contributed by atoms with Crippen molar-refractivity contribution in [2.45, 2.75) is 70.8 Å². The first-order chi connectivity index (χ1) is 14.6. The minimum Gasteiger partial charge on any atom is -0.357 e. The summed E-state index contributed by atoms with van der Waals surface area (Å²) in [5.74, 6) is 1.65. The highest BCUT2D eigenvalue weighted by Crippen LogP contribution is 2.35. The van der Waals surface area contributed by atoms with Gasteiger partial charge < -0.3 is 20.4 Å². The predicted molar refractivity (Wildman–Crippen MR) is 128 cm³/mol. The Hall–Kier alpha value is -0.850. The van der Waals surface area contributed by atoms with Gasteiger partial charge in [-0.25, -0.2) is 0 Å². The molecule has 6 nitrogen and oxygen atoms in total. The van der Waals surface area contributed by atoms with Gasteiger partial charge in [0, 0.05) is 51.4 Å². The molecule has 3 fully saturated rings. The lowest BCUT2D eigenvalue weighted by atomic mass is 9.79. The summed E-state index contributed by atoms with van der Waals surface area (Å²) in [6.45, 7) is 15.9. The molecule has 1 atom stereocenters. The van der Waals surface area contributed by atoms with Gasteiger partial charge in [0.1, 0.15) is 0 Å². The van der Waals surface area contributed by atoms with E-state index in [1.165, 1.54) is 97.2 Å². The predicted octanol–water partition coefficient (Wildman–Crippen LogP) is 2.61. The third-order valence-corrected chi connectivity index (χ3v) is 7.47. The minimum atomic E-state index is 0.312. The fourth-order valence-corrected chi connectivity index (χ4v) is 5.53. The Labute approximate surface area is 185 Å². The first-order valence-electron chi connectivity index (χ1n) is 12.8. The topological polar surface area (TPSA) is 46.1 Å². The molecule has 0 radical (unpaired) electrons. The highest BCUT2D eigenvalue weighted by atomic mass is 15.3. The van der Waals surface area contributed by atoms with Gasteiger partial charge in [-0.1, -0.05) is 32.6 Å². The van der Waals surface area contributed by atoms with Crippen LogP contribution in [-0.2, 0) is 0 Å². The van der Waals surface area contributed by atoms with Gasteiger partial charge >= 0.3 is 0 Å². The standard InChI is InChI=1S/C24H48N6/c1-4-25-23(26-19-22(2)20-29-17-15-28(3)16-18-29)27-21-24(11-7-5-8-12-24)30-13-9-6-10-14-30/h22H,4-21H2,1-3H3,(H2,25,26,27). The average Bonchev–Trinajstić information content (AvgIpc) is 2.78. The molecule has 1 aliphatic carbocycles. The molecule has 0 spiro atoms. The first kappa shape index (κ1) is 23.8. The lowest BCUT2D eigenvalue weighted by Crippen LogP contribution is -2.55. The number of hydrogen-bond donors (Lipinski definition) is 2. The smallest absolute Gasteiger partial charge is 0.191 e. The molecule has 0 aromatic heterocycles. The van der Waals surface area contributed by atoms with Crippen LogP contribution in [0.15, 0.2) is 4.99 Å². The third-order valence-electron chi connectivity index (χ3n) is 7.47. The number of nitrogens with one attached hydrogen (secondary N) is 2. The van der Waals surface area contributed by atoms with Crippen molar-refractivity contribution in [3.63, 3.8) is 0 Å². The Morgan fingerprint density at radius 3 is 2.23 bits per heavy atom. The zero-order valence-electron chi connectivity index (χ0n) is 20.1. The largest absolute Gasteiger partial charge is 0.357 e. The molecule has 2 saturated heterocycles. The summed E-state index contributed by atoms with van der Waals surface area (Å²) >= 11 is 0. The zero-order chi connectivity index (χ0) is 21.2. The van der Waals surface area contributed by atoms with Crippen LogP contribution in [0.3, 0.4) is 0 Å². The van der Waals surface area contributed by atoms with Gasteiger partial charge in [-0.3, -0.25) is 9.89 Å². The Morgan fingerprint density at radius 2 is 1.57 bits per heavy atom. The van der Waals surface area contributed by atoms with E-state index in [1.807, 2.05) is 0 Å². The van der Waals surface area contributed by atoms with Crippen LogP contribution in [0.5, 0.6) is 0 Å². The molecular weight excluding hydrogens is 372 g/mol. The molecule has 30 heavy (non-hydrogen) atoms. The fourth-order valence-electron chi connectivity index (χ4n) is 5.53. The molecule has 174 valence electrons. The number of hydrogen-bond acceptors (Lipinski definition) is 4. The molecule has 1 unspecified atom stereocenters. The quantitative estimate of drug-likeness (QED) is 0.467. The average molecular weight is 421 g/mol.